The molecule has 0 radical (unpaired) electrons. The summed E-state index contributed by atoms with van der Waals surface area (Å²) >= 11 is 0. The summed E-state index contributed by atoms with van der Waals surface area (Å²) in [6.45, 7) is 0.208. The molecule has 0 spiro atoms. The fourth-order valence-corrected chi connectivity index (χ4v) is 3.04. The highest BCUT2D eigenvalue weighted by Crippen LogP contribution is 2.41. The molecule has 1 heterocycles. The van der Waals surface area contributed by atoms with E-state index in [4.69, 9.17) is 14.2 Å². The molecule has 3 aromatic carbocycles. The number of halogens is 1. The van der Waals surface area contributed by atoms with Crippen molar-refractivity contribution in [1.82, 2.24) is 0 Å². The van der Waals surface area contributed by atoms with Crippen molar-refractivity contribution in [3.8, 4) is 17.2 Å². The van der Waals surface area contributed by atoms with E-state index < -0.39 is 18.2 Å². The molecule has 142 valence electrons. The van der Waals surface area contributed by atoms with Gasteiger partial charge in [0.25, 0.3) is 0 Å². The van der Waals surface area contributed by atoms with Crippen LogP contribution < -0.4 is 14.2 Å². The van der Waals surface area contributed by atoms with Crippen LogP contribution in [0.15, 0.2) is 72.8 Å². The van der Waals surface area contributed by atoms with Crippen LogP contribution in [-0.2, 0) is 11.4 Å². The number of carboxylic acid groups (broad SMARTS) is 1. The van der Waals surface area contributed by atoms with Crippen LogP contribution in [0, 0.1) is 5.82 Å². The van der Waals surface area contributed by atoms with Gasteiger partial charge < -0.3 is 19.3 Å². The Balaban J connectivity index is 1.62. The minimum absolute atomic E-state index is 0.208. The lowest BCUT2D eigenvalue weighted by molar-refractivity contribution is -0.151. The largest absolute Gasteiger partial charge is 0.488 e. The Bertz CT molecular complexity index is 986. The Kier molecular flexibility index (Phi) is 4.85. The van der Waals surface area contributed by atoms with Gasteiger partial charge in [-0.05, 0) is 35.9 Å². The minimum atomic E-state index is -1.22. The predicted molar refractivity (Wildman–Crippen MR) is 99.0 cm³/mol. The molecule has 0 bridgehead atoms. The molecule has 1 aliphatic rings. The maximum atomic E-state index is 13.1. The molecule has 0 amide bonds. The van der Waals surface area contributed by atoms with Crippen LogP contribution in [0.3, 0.4) is 0 Å². The van der Waals surface area contributed by atoms with Crippen molar-refractivity contribution in [1.29, 1.82) is 0 Å². The summed E-state index contributed by atoms with van der Waals surface area (Å²) in [6, 6.07) is 20.0. The third-order valence-electron chi connectivity index (χ3n) is 4.41. The molecule has 3 aromatic rings. The van der Waals surface area contributed by atoms with Gasteiger partial charge in [-0.25, -0.2) is 9.18 Å². The fourth-order valence-electron chi connectivity index (χ4n) is 3.04. The second kappa shape index (κ2) is 7.60. The first kappa shape index (κ1) is 17.9. The molecule has 0 aliphatic carbocycles. The summed E-state index contributed by atoms with van der Waals surface area (Å²) in [7, 11) is 0. The van der Waals surface area contributed by atoms with E-state index in [0.29, 0.717) is 22.8 Å². The molecular formula is C22H17FO5. The Labute approximate surface area is 160 Å². The maximum Gasteiger partial charge on any atom is 0.349 e. The third-order valence-corrected chi connectivity index (χ3v) is 4.41. The van der Waals surface area contributed by atoms with E-state index in [1.165, 1.54) is 12.1 Å². The quantitative estimate of drug-likeness (QED) is 0.712. The molecule has 4 rings (SSSR count). The van der Waals surface area contributed by atoms with Crippen molar-refractivity contribution in [2.24, 2.45) is 0 Å². The molecule has 0 aromatic heterocycles. The van der Waals surface area contributed by atoms with Gasteiger partial charge in [-0.1, -0.05) is 42.5 Å². The molecule has 1 N–H and O–H groups in total. The van der Waals surface area contributed by atoms with Crippen molar-refractivity contribution < 1.29 is 28.5 Å². The molecular weight excluding hydrogens is 363 g/mol. The molecule has 28 heavy (non-hydrogen) atoms. The van der Waals surface area contributed by atoms with E-state index in [0.717, 1.165) is 5.56 Å². The van der Waals surface area contributed by atoms with E-state index in [-0.39, 0.29) is 12.4 Å². The molecule has 2 atom stereocenters. The van der Waals surface area contributed by atoms with Gasteiger partial charge in [-0.2, -0.15) is 0 Å². The lowest BCUT2D eigenvalue weighted by atomic mass is 10.0. The van der Waals surface area contributed by atoms with E-state index in [9.17, 15) is 14.3 Å². The van der Waals surface area contributed by atoms with Crippen LogP contribution >= 0.6 is 0 Å². The second-order valence-corrected chi connectivity index (χ2v) is 6.31. The number of hydrogen-bond donors (Lipinski definition) is 1. The van der Waals surface area contributed by atoms with Gasteiger partial charge in [0.05, 0.1) is 0 Å². The van der Waals surface area contributed by atoms with Gasteiger partial charge in [-0.15, -0.1) is 0 Å². The van der Waals surface area contributed by atoms with Gasteiger partial charge in [0, 0.05) is 5.56 Å². The Morgan fingerprint density at radius 2 is 1.57 bits per heavy atom. The fraction of sp³-hybridized carbons (Fsp3) is 0.136. The Morgan fingerprint density at radius 1 is 0.929 bits per heavy atom. The molecule has 0 fully saturated rings. The maximum absolute atomic E-state index is 13.1. The highest BCUT2D eigenvalue weighted by Gasteiger charge is 2.39. The normalized spacial score (nSPS) is 17.8. The van der Waals surface area contributed by atoms with Crippen molar-refractivity contribution in [3.63, 3.8) is 0 Å². The van der Waals surface area contributed by atoms with Crippen molar-refractivity contribution in [3.05, 3.63) is 89.7 Å². The number of fused-ring (bicyclic) bond motifs is 1. The van der Waals surface area contributed by atoms with E-state index in [1.54, 1.807) is 60.7 Å². The van der Waals surface area contributed by atoms with Crippen LogP contribution in [0.5, 0.6) is 17.2 Å². The smallest absolute Gasteiger partial charge is 0.349 e. The number of carbonyl (C=O) groups is 1. The highest BCUT2D eigenvalue weighted by atomic mass is 19.1. The van der Waals surface area contributed by atoms with Crippen molar-refractivity contribution in [2.45, 2.75) is 18.8 Å². The van der Waals surface area contributed by atoms with Gasteiger partial charge >= 0.3 is 5.97 Å². The van der Waals surface area contributed by atoms with E-state index in [2.05, 4.69) is 0 Å². The average molecular weight is 380 g/mol. The van der Waals surface area contributed by atoms with Crippen LogP contribution in [-0.4, -0.2) is 17.2 Å². The zero-order valence-electron chi connectivity index (χ0n) is 14.7. The van der Waals surface area contributed by atoms with Crippen molar-refractivity contribution in [2.75, 3.05) is 0 Å². The Morgan fingerprint density at radius 3 is 2.29 bits per heavy atom. The summed E-state index contributed by atoms with van der Waals surface area (Å²) < 4.78 is 30.6. The van der Waals surface area contributed by atoms with Gasteiger partial charge in [0.15, 0.2) is 17.6 Å². The summed E-state index contributed by atoms with van der Waals surface area (Å²) in [6.07, 6.45) is -2.10. The zero-order valence-corrected chi connectivity index (χ0v) is 14.7. The lowest BCUT2D eigenvalue weighted by Crippen LogP contribution is -2.39. The molecule has 2 unspecified atom stereocenters. The topological polar surface area (TPSA) is 65.0 Å². The molecule has 5 nitrogen and oxygen atoms in total. The number of benzene rings is 3. The number of para-hydroxylation sites is 3. The van der Waals surface area contributed by atoms with Crippen molar-refractivity contribution >= 4 is 5.97 Å². The van der Waals surface area contributed by atoms with Crippen LogP contribution in [0.1, 0.15) is 17.2 Å². The van der Waals surface area contributed by atoms with Crippen LogP contribution in [0.2, 0.25) is 0 Å². The summed E-state index contributed by atoms with van der Waals surface area (Å²) in [5.41, 5.74) is 1.35. The van der Waals surface area contributed by atoms with Gasteiger partial charge in [0.2, 0.25) is 6.10 Å². The molecule has 0 saturated carbocycles. The molecule has 0 saturated heterocycles. The second-order valence-electron chi connectivity index (χ2n) is 6.31. The average Bonchev–Trinajstić information content (AvgIpc) is 2.72. The first-order valence-electron chi connectivity index (χ1n) is 8.73. The van der Waals surface area contributed by atoms with Gasteiger partial charge in [-0.3, -0.25) is 0 Å². The van der Waals surface area contributed by atoms with Crippen LogP contribution in [0.25, 0.3) is 0 Å². The standard InChI is InChI=1S/C22H17FO5/c23-15-11-9-14(10-12-15)13-26-17-6-2-1-5-16(17)20-21(22(24)25)28-19-8-4-3-7-18(19)27-20/h1-12,20-21H,13H2,(H,24,25). The van der Waals surface area contributed by atoms with Gasteiger partial charge in [0.1, 0.15) is 18.2 Å². The number of aliphatic carboxylic acids is 1. The first-order valence-corrected chi connectivity index (χ1v) is 8.73. The zero-order chi connectivity index (χ0) is 19.5. The number of ether oxygens (including phenoxy) is 3. The third kappa shape index (κ3) is 3.62. The molecule has 1 aliphatic heterocycles. The highest BCUT2D eigenvalue weighted by molar-refractivity contribution is 5.75. The summed E-state index contributed by atoms with van der Waals surface area (Å²) in [5, 5.41) is 9.64. The van der Waals surface area contributed by atoms with Crippen LogP contribution in [0.4, 0.5) is 4.39 Å². The lowest BCUT2D eigenvalue weighted by Gasteiger charge is -2.32. The first-order chi connectivity index (χ1) is 13.6. The predicted octanol–water partition coefficient (Wildman–Crippen LogP) is 4.37. The Hall–Kier alpha value is -3.54. The monoisotopic (exact) mass is 380 g/mol. The summed E-state index contributed by atoms with van der Waals surface area (Å²) in [5.74, 6) is -0.118. The van der Waals surface area contributed by atoms with E-state index in [1.807, 2.05) is 0 Å². The molecule has 6 heteroatoms. The SMILES string of the molecule is O=C(O)C1Oc2ccccc2OC1c1ccccc1OCc1ccc(F)cc1. The number of carboxylic acids is 1. The minimum Gasteiger partial charge on any atom is -0.488 e. The number of rotatable bonds is 5. The summed E-state index contributed by atoms with van der Waals surface area (Å²) in [4.78, 5) is 11.8. The van der Waals surface area contributed by atoms with E-state index >= 15 is 0 Å². The number of hydrogen-bond acceptors (Lipinski definition) is 4.